The first-order chi connectivity index (χ1) is 15.1. The number of fused-ring (bicyclic) bond motifs is 1. The molecule has 8 heteroatoms. The second-order valence-electron chi connectivity index (χ2n) is 7.44. The van der Waals surface area contributed by atoms with E-state index in [0.717, 1.165) is 30.2 Å². The maximum atomic E-state index is 12.5. The highest BCUT2D eigenvalue weighted by Gasteiger charge is 2.18. The number of nitrogens with one attached hydrogen (secondary N) is 2. The van der Waals surface area contributed by atoms with Crippen LogP contribution in [0.3, 0.4) is 0 Å². The van der Waals surface area contributed by atoms with Crippen LogP contribution in [0.2, 0.25) is 0 Å². The Balaban J connectivity index is 1.74. The third-order valence-electron chi connectivity index (χ3n) is 5.16. The minimum Gasteiger partial charge on any atom is -0.385 e. The molecule has 2 heterocycles. The number of para-hydroxylation sites is 1. The maximum Gasteiger partial charge on any atom is 0.262 e. The van der Waals surface area contributed by atoms with Gasteiger partial charge in [0.15, 0.2) is 0 Å². The Morgan fingerprint density at radius 1 is 1.35 bits per heavy atom. The Kier molecular flexibility index (Phi) is 8.21. The van der Waals surface area contributed by atoms with Crippen LogP contribution in [-0.4, -0.2) is 55.9 Å². The van der Waals surface area contributed by atoms with Crippen molar-refractivity contribution in [1.29, 1.82) is 5.26 Å². The monoisotopic (exact) mass is 424 g/mol. The second kappa shape index (κ2) is 11.3. The van der Waals surface area contributed by atoms with Crippen LogP contribution in [0.15, 0.2) is 36.0 Å². The van der Waals surface area contributed by atoms with Gasteiger partial charge in [0, 0.05) is 56.1 Å². The van der Waals surface area contributed by atoms with Crippen molar-refractivity contribution in [2.45, 2.75) is 31.9 Å². The standard InChI is InChI=1S/C23H28N4O4/c1-30-10-5-9-25-22(28)16-27-15-18(20-7-2-3-8-21(20)27)12-17(13-24)23(29)26-14-19-6-4-11-31-19/h2-3,7-8,12,15,19H,4-6,9-11,14,16H2,1H3,(H,25,28)(H,26,29)/b17-12+/t19-/m0/s1. The van der Waals surface area contributed by atoms with Gasteiger partial charge >= 0.3 is 0 Å². The zero-order chi connectivity index (χ0) is 22.1. The number of hydrogen-bond acceptors (Lipinski definition) is 5. The number of methoxy groups -OCH3 is 1. The Labute approximate surface area is 181 Å². The lowest BCUT2D eigenvalue weighted by Gasteiger charge is -2.10. The van der Waals surface area contributed by atoms with Gasteiger partial charge in [-0.05, 0) is 31.4 Å². The summed E-state index contributed by atoms with van der Waals surface area (Å²) in [6, 6.07) is 9.59. The Morgan fingerprint density at radius 2 is 2.19 bits per heavy atom. The molecule has 31 heavy (non-hydrogen) atoms. The van der Waals surface area contributed by atoms with Crippen molar-refractivity contribution in [3.05, 3.63) is 41.6 Å². The van der Waals surface area contributed by atoms with Gasteiger partial charge in [-0.25, -0.2) is 0 Å². The van der Waals surface area contributed by atoms with Crippen LogP contribution in [0.4, 0.5) is 0 Å². The smallest absolute Gasteiger partial charge is 0.262 e. The first kappa shape index (κ1) is 22.5. The number of benzene rings is 1. The van der Waals surface area contributed by atoms with Gasteiger partial charge in [-0.2, -0.15) is 5.26 Å². The number of nitriles is 1. The van der Waals surface area contributed by atoms with Gasteiger partial charge in [0.25, 0.3) is 5.91 Å². The van der Waals surface area contributed by atoms with Gasteiger partial charge in [0.1, 0.15) is 18.2 Å². The highest BCUT2D eigenvalue weighted by Crippen LogP contribution is 2.23. The molecule has 0 spiro atoms. The summed E-state index contributed by atoms with van der Waals surface area (Å²) in [4.78, 5) is 24.8. The van der Waals surface area contributed by atoms with Crippen LogP contribution in [0.25, 0.3) is 17.0 Å². The Bertz CT molecular complexity index is 983. The molecule has 2 aromatic rings. The average molecular weight is 425 g/mol. The maximum absolute atomic E-state index is 12.5. The van der Waals surface area contributed by atoms with Crippen LogP contribution < -0.4 is 10.6 Å². The largest absolute Gasteiger partial charge is 0.385 e. The van der Waals surface area contributed by atoms with Crippen molar-refractivity contribution >= 4 is 28.8 Å². The number of nitrogens with zero attached hydrogens (tertiary/aromatic N) is 2. The molecule has 2 N–H and O–H groups in total. The third kappa shape index (κ3) is 6.17. The summed E-state index contributed by atoms with van der Waals surface area (Å²) in [6.07, 6.45) is 6.01. The molecule has 2 amide bonds. The molecule has 1 aliphatic rings. The zero-order valence-corrected chi connectivity index (χ0v) is 17.7. The first-order valence-corrected chi connectivity index (χ1v) is 10.5. The molecule has 1 aliphatic heterocycles. The lowest BCUT2D eigenvalue weighted by atomic mass is 10.1. The van der Waals surface area contributed by atoms with Gasteiger partial charge in [-0.1, -0.05) is 18.2 Å². The van der Waals surface area contributed by atoms with E-state index in [4.69, 9.17) is 9.47 Å². The average Bonchev–Trinajstić information content (AvgIpc) is 3.42. The fourth-order valence-electron chi connectivity index (χ4n) is 3.59. The summed E-state index contributed by atoms with van der Waals surface area (Å²) < 4.78 is 12.3. The summed E-state index contributed by atoms with van der Waals surface area (Å²) in [5, 5.41) is 16.0. The highest BCUT2D eigenvalue weighted by atomic mass is 16.5. The Morgan fingerprint density at radius 3 is 2.94 bits per heavy atom. The van der Waals surface area contributed by atoms with Gasteiger partial charge in [0.2, 0.25) is 5.91 Å². The molecular weight excluding hydrogens is 396 g/mol. The Hall–Kier alpha value is -3.15. The first-order valence-electron chi connectivity index (χ1n) is 10.5. The third-order valence-corrected chi connectivity index (χ3v) is 5.16. The summed E-state index contributed by atoms with van der Waals surface area (Å²) >= 11 is 0. The predicted octanol–water partition coefficient (Wildman–Crippen LogP) is 2.00. The molecule has 0 bridgehead atoms. The number of carbonyl (C=O) groups is 2. The fraction of sp³-hybridized carbons (Fsp3) is 0.435. The van der Waals surface area contributed by atoms with Crippen LogP contribution >= 0.6 is 0 Å². The topological polar surface area (TPSA) is 105 Å². The molecule has 1 aromatic carbocycles. The minimum atomic E-state index is -0.425. The molecule has 8 nitrogen and oxygen atoms in total. The predicted molar refractivity (Wildman–Crippen MR) is 117 cm³/mol. The van der Waals surface area contributed by atoms with E-state index in [1.54, 1.807) is 19.4 Å². The number of rotatable bonds is 10. The molecule has 0 unspecified atom stereocenters. The zero-order valence-electron chi connectivity index (χ0n) is 17.7. The van der Waals surface area contributed by atoms with Crippen molar-refractivity contribution < 1.29 is 19.1 Å². The summed E-state index contributed by atoms with van der Waals surface area (Å²) in [5.74, 6) is -0.534. The number of aromatic nitrogens is 1. The fourth-order valence-corrected chi connectivity index (χ4v) is 3.59. The SMILES string of the molecule is COCCCNC(=O)Cn1cc(/C=C(\C#N)C(=O)NC[C@@H]2CCCO2)c2ccccc21. The van der Waals surface area contributed by atoms with E-state index >= 15 is 0 Å². The lowest BCUT2D eigenvalue weighted by Crippen LogP contribution is -2.32. The quantitative estimate of drug-likeness (QED) is 0.345. The summed E-state index contributed by atoms with van der Waals surface area (Å²) in [5.41, 5.74) is 1.59. The molecule has 0 aliphatic carbocycles. The van der Waals surface area contributed by atoms with Crippen LogP contribution in [0, 0.1) is 11.3 Å². The normalized spacial score (nSPS) is 16.3. The van der Waals surface area contributed by atoms with E-state index in [1.165, 1.54) is 0 Å². The van der Waals surface area contributed by atoms with Crippen LogP contribution in [0.1, 0.15) is 24.8 Å². The van der Waals surface area contributed by atoms with Crippen molar-refractivity contribution in [3.8, 4) is 6.07 Å². The van der Waals surface area contributed by atoms with Crippen molar-refractivity contribution in [2.75, 3.05) is 33.4 Å². The van der Waals surface area contributed by atoms with E-state index in [0.29, 0.717) is 31.9 Å². The number of ether oxygens (including phenoxy) is 2. The number of hydrogen-bond donors (Lipinski definition) is 2. The molecular formula is C23H28N4O4. The molecule has 1 fully saturated rings. The van der Waals surface area contributed by atoms with Crippen LogP contribution in [-0.2, 0) is 25.6 Å². The van der Waals surface area contributed by atoms with Crippen LogP contribution in [0.5, 0.6) is 0 Å². The number of carbonyl (C=O) groups excluding carboxylic acids is 2. The van der Waals surface area contributed by atoms with Crippen molar-refractivity contribution in [1.82, 2.24) is 15.2 Å². The lowest BCUT2D eigenvalue weighted by molar-refractivity contribution is -0.121. The summed E-state index contributed by atoms with van der Waals surface area (Å²) in [7, 11) is 1.63. The van der Waals surface area contributed by atoms with Crippen molar-refractivity contribution in [2.24, 2.45) is 0 Å². The molecule has 164 valence electrons. The summed E-state index contributed by atoms with van der Waals surface area (Å²) in [6.45, 7) is 2.38. The second-order valence-corrected chi connectivity index (χ2v) is 7.44. The number of amides is 2. The molecule has 0 saturated carbocycles. The molecule has 1 aromatic heterocycles. The van der Waals surface area contributed by atoms with Gasteiger partial charge in [-0.3, -0.25) is 9.59 Å². The van der Waals surface area contributed by atoms with E-state index < -0.39 is 5.91 Å². The minimum absolute atomic E-state index is 0.00760. The van der Waals surface area contributed by atoms with E-state index in [-0.39, 0.29) is 24.1 Å². The molecule has 3 rings (SSSR count). The molecule has 0 radical (unpaired) electrons. The highest BCUT2D eigenvalue weighted by molar-refractivity contribution is 6.04. The van der Waals surface area contributed by atoms with E-state index in [9.17, 15) is 14.9 Å². The van der Waals surface area contributed by atoms with Crippen molar-refractivity contribution in [3.63, 3.8) is 0 Å². The molecule has 1 atom stereocenters. The van der Waals surface area contributed by atoms with Gasteiger partial charge in [0.05, 0.1) is 6.10 Å². The van der Waals surface area contributed by atoms with E-state index in [1.807, 2.05) is 34.9 Å². The van der Waals surface area contributed by atoms with Gasteiger partial charge < -0.3 is 24.7 Å². The van der Waals surface area contributed by atoms with Gasteiger partial charge in [-0.15, -0.1) is 0 Å². The molecule has 1 saturated heterocycles. The van der Waals surface area contributed by atoms with E-state index in [2.05, 4.69) is 10.6 Å².